The summed E-state index contributed by atoms with van der Waals surface area (Å²) in [6.07, 6.45) is -0.147. The van der Waals surface area contributed by atoms with Crippen molar-refractivity contribution < 1.29 is 24.5 Å². The highest BCUT2D eigenvalue weighted by Gasteiger charge is 2.15. The summed E-state index contributed by atoms with van der Waals surface area (Å²) in [5, 5.41) is 18.3. The van der Waals surface area contributed by atoms with Crippen LogP contribution in [0.3, 0.4) is 0 Å². The number of ether oxygens (including phenoxy) is 2. The number of rotatable bonds is 8. The Morgan fingerprint density at radius 1 is 1.47 bits per heavy atom. The molecule has 0 aliphatic carbocycles. The molecular formula is C10H18O5. The van der Waals surface area contributed by atoms with Gasteiger partial charge >= 0.3 is 5.97 Å². The second-order valence-electron chi connectivity index (χ2n) is 3.03. The van der Waals surface area contributed by atoms with E-state index in [1.807, 2.05) is 0 Å². The molecule has 0 aliphatic heterocycles. The Hall–Kier alpha value is -0.910. The van der Waals surface area contributed by atoms with E-state index in [4.69, 9.17) is 9.84 Å². The number of esters is 1. The van der Waals surface area contributed by atoms with Gasteiger partial charge in [0.1, 0.15) is 12.7 Å². The predicted molar refractivity (Wildman–Crippen MR) is 54.3 cm³/mol. The molecular weight excluding hydrogens is 200 g/mol. The minimum Gasteiger partial charge on any atom is -0.461 e. The summed E-state index contributed by atoms with van der Waals surface area (Å²) in [6, 6.07) is 0. The predicted octanol–water partition coefficient (Wildman–Crippen LogP) is -0.136. The average molecular weight is 218 g/mol. The molecule has 2 unspecified atom stereocenters. The number of carbonyl (C=O) groups excluding carboxylic acids is 1. The van der Waals surface area contributed by atoms with Gasteiger partial charge in [0.2, 0.25) is 0 Å². The molecule has 0 heterocycles. The lowest BCUT2D eigenvalue weighted by Gasteiger charge is -2.12. The Labute approximate surface area is 89.3 Å². The van der Waals surface area contributed by atoms with Gasteiger partial charge in [-0.15, -0.1) is 6.58 Å². The molecule has 0 amide bonds. The van der Waals surface area contributed by atoms with Gasteiger partial charge in [0, 0.05) is 0 Å². The van der Waals surface area contributed by atoms with E-state index >= 15 is 0 Å². The van der Waals surface area contributed by atoms with Crippen LogP contribution in [0.1, 0.15) is 13.3 Å². The van der Waals surface area contributed by atoms with Crippen molar-refractivity contribution >= 4 is 5.97 Å². The largest absolute Gasteiger partial charge is 0.461 e. The lowest BCUT2D eigenvalue weighted by atomic mass is 10.3. The van der Waals surface area contributed by atoms with Crippen molar-refractivity contribution in [3.8, 4) is 0 Å². The molecule has 2 N–H and O–H groups in total. The van der Waals surface area contributed by atoms with E-state index in [0.29, 0.717) is 13.0 Å². The van der Waals surface area contributed by atoms with Crippen molar-refractivity contribution in [1.82, 2.24) is 0 Å². The van der Waals surface area contributed by atoms with Gasteiger partial charge in [-0.1, -0.05) is 13.0 Å². The maximum atomic E-state index is 11.0. The van der Waals surface area contributed by atoms with Crippen LogP contribution in [0.25, 0.3) is 0 Å². The molecule has 5 heteroatoms. The van der Waals surface area contributed by atoms with E-state index in [1.54, 1.807) is 13.0 Å². The molecule has 0 aromatic carbocycles. The highest BCUT2D eigenvalue weighted by atomic mass is 16.6. The first kappa shape index (κ1) is 14.1. The van der Waals surface area contributed by atoms with Crippen LogP contribution in [-0.4, -0.2) is 48.2 Å². The zero-order valence-electron chi connectivity index (χ0n) is 8.89. The standard InChI is InChI=1S/C10H18O5/c1-3-5-14-6-8(11)7-15-10(13)9(12)4-2/h3,8-9,11-12H,1,4-7H2,2H3. The van der Waals surface area contributed by atoms with Gasteiger partial charge < -0.3 is 19.7 Å². The summed E-state index contributed by atoms with van der Waals surface area (Å²) in [5.74, 6) is -0.722. The van der Waals surface area contributed by atoms with Crippen molar-refractivity contribution in [3.63, 3.8) is 0 Å². The topological polar surface area (TPSA) is 76.0 Å². The van der Waals surface area contributed by atoms with E-state index in [-0.39, 0.29) is 13.2 Å². The van der Waals surface area contributed by atoms with Gasteiger partial charge in [-0.3, -0.25) is 0 Å². The molecule has 0 radical (unpaired) electrons. The summed E-state index contributed by atoms with van der Waals surface area (Å²) in [7, 11) is 0. The molecule has 15 heavy (non-hydrogen) atoms. The van der Waals surface area contributed by atoms with Gasteiger partial charge in [-0.25, -0.2) is 4.79 Å². The highest BCUT2D eigenvalue weighted by Crippen LogP contribution is 1.95. The molecule has 0 rings (SSSR count). The van der Waals surface area contributed by atoms with Crippen LogP contribution >= 0.6 is 0 Å². The third-order valence-electron chi connectivity index (χ3n) is 1.62. The fraction of sp³-hybridized carbons (Fsp3) is 0.700. The summed E-state index contributed by atoms with van der Waals surface area (Å²) >= 11 is 0. The molecule has 0 fully saturated rings. The van der Waals surface area contributed by atoms with E-state index in [2.05, 4.69) is 11.3 Å². The van der Waals surface area contributed by atoms with Crippen LogP contribution < -0.4 is 0 Å². The molecule has 0 bridgehead atoms. The number of aliphatic hydroxyl groups excluding tert-OH is 2. The first-order chi connectivity index (χ1) is 7.11. The van der Waals surface area contributed by atoms with Gasteiger partial charge in [-0.2, -0.15) is 0 Å². The first-order valence-electron chi connectivity index (χ1n) is 4.83. The van der Waals surface area contributed by atoms with E-state index in [0.717, 1.165) is 0 Å². The Bertz CT molecular complexity index is 192. The third kappa shape index (κ3) is 7.07. The smallest absolute Gasteiger partial charge is 0.335 e. The molecule has 5 nitrogen and oxygen atoms in total. The lowest BCUT2D eigenvalue weighted by molar-refractivity contribution is -0.157. The number of hydrogen-bond donors (Lipinski definition) is 2. The van der Waals surface area contributed by atoms with E-state index < -0.39 is 18.2 Å². The second kappa shape index (κ2) is 8.40. The number of carbonyl (C=O) groups is 1. The summed E-state index contributed by atoms with van der Waals surface area (Å²) in [5.41, 5.74) is 0. The second-order valence-corrected chi connectivity index (χ2v) is 3.03. The molecule has 0 spiro atoms. The van der Waals surface area contributed by atoms with Crippen LogP contribution in [0.15, 0.2) is 12.7 Å². The molecule has 0 saturated carbocycles. The van der Waals surface area contributed by atoms with Crippen molar-refractivity contribution in [2.45, 2.75) is 25.6 Å². The van der Waals surface area contributed by atoms with Crippen LogP contribution in [0, 0.1) is 0 Å². The van der Waals surface area contributed by atoms with Crippen molar-refractivity contribution in [2.24, 2.45) is 0 Å². The minimum atomic E-state index is -1.12. The molecule has 0 saturated heterocycles. The van der Waals surface area contributed by atoms with Crippen LogP contribution in [-0.2, 0) is 14.3 Å². The maximum absolute atomic E-state index is 11.0. The third-order valence-corrected chi connectivity index (χ3v) is 1.62. The molecule has 0 aliphatic rings. The van der Waals surface area contributed by atoms with Gasteiger partial charge in [0.05, 0.1) is 13.2 Å². The molecule has 88 valence electrons. The molecule has 0 aromatic heterocycles. The average Bonchev–Trinajstić information content (AvgIpc) is 2.25. The SMILES string of the molecule is C=CCOCC(O)COC(=O)C(O)CC. The van der Waals surface area contributed by atoms with Crippen LogP contribution in [0.4, 0.5) is 0 Å². The zero-order chi connectivity index (χ0) is 11.7. The maximum Gasteiger partial charge on any atom is 0.335 e. The van der Waals surface area contributed by atoms with E-state index in [9.17, 15) is 9.90 Å². The zero-order valence-corrected chi connectivity index (χ0v) is 8.89. The fourth-order valence-electron chi connectivity index (χ4n) is 0.777. The van der Waals surface area contributed by atoms with Gasteiger partial charge in [-0.05, 0) is 6.42 Å². The number of aliphatic hydroxyl groups is 2. The first-order valence-corrected chi connectivity index (χ1v) is 4.83. The normalized spacial score (nSPS) is 14.3. The number of hydrogen-bond acceptors (Lipinski definition) is 5. The van der Waals surface area contributed by atoms with E-state index in [1.165, 1.54) is 0 Å². The van der Waals surface area contributed by atoms with Crippen molar-refractivity contribution in [3.05, 3.63) is 12.7 Å². The van der Waals surface area contributed by atoms with Crippen molar-refractivity contribution in [1.29, 1.82) is 0 Å². The Balaban J connectivity index is 3.56. The van der Waals surface area contributed by atoms with Crippen LogP contribution in [0.5, 0.6) is 0 Å². The quantitative estimate of drug-likeness (QED) is 0.337. The Kier molecular flexibility index (Phi) is 7.89. The highest BCUT2D eigenvalue weighted by molar-refractivity contribution is 5.74. The Morgan fingerprint density at radius 2 is 2.13 bits per heavy atom. The van der Waals surface area contributed by atoms with Crippen LogP contribution in [0.2, 0.25) is 0 Å². The fourth-order valence-corrected chi connectivity index (χ4v) is 0.777. The summed E-state index contributed by atoms with van der Waals surface area (Å²) < 4.78 is 9.58. The van der Waals surface area contributed by atoms with Crippen molar-refractivity contribution in [2.75, 3.05) is 19.8 Å². The minimum absolute atomic E-state index is 0.0710. The van der Waals surface area contributed by atoms with Gasteiger partial charge in [0.15, 0.2) is 6.10 Å². The summed E-state index contributed by atoms with van der Waals surface area (Å²) in [6.45, 7) is 5.34. The molecule has 2 atom stereocenters. The molecule has 0 aromatic rings. The monoisotopic (exact) mass is 218 g/mol. The summed E-state index contributed by atoms with van der Waals surface area (Å²) in [4.78, 5) is 11.0. The lowest BCUT2D eigenvalue weighted by Crippen LogP contribution is -2.28. The van der Waals surface area contributed by atoms with Gasteiger partial charge in [0.25, 0.3) is 0 Å². The Morgan fingerprint density at radius 3 is 2.67 bits per heavy atom.